The van der Waals surface area contributed by atoms with E-state index in [2.05, 4.69) is 15.5 Å². The SMILES string of the molecule is FC(F)(F)c1ccc(NC(C2CC2)C2CC2)nn1. The molecule has 0 saturated heterocycles. The standard InChI is InChI=1S/C12H14F3N3/c13-12(14,15)9-5-6-10(18-17-9)16-11(7-1-2-7)8-3-4-8/h5-8,11H,1-4H2,(H,16,18). The van der Waals surface area contributed by atoms with Gasteiger partial charge in [0.25, 0.3) is 0 Å². The van der Waals surface area contributed by atoms with Gasteiger partial charge in [0.2, 0.25) is 0 Å². The fourth-order valence-electron chi connectivity index (χ4n) is 2.26. The van der Waals surface area contributed by atoms with E-state index in [0.717, 1.165) is 6.07 Å². The van der Waals surface area contributed by atoms with Crippen LogP contribution in [0.2, 0.25) is 0 Å². The lowest BCUT2D eigenvalue weighted by Crippen LogP contribution is -2.25. The lowest BCUT2D eigenvalue weighted by atomic mass is 10.1. The Hall–Kier alpha value is -1.33. The molecule has 0 amide bonds. The number of aromatic nitrogens is 2. The Morgan fingerprint density at radius 3 is 2.06 bits per heavy atom. The van der Waals surface area contributed by atoms with Crippen LogP contribution in [-0.4, -0.2) is 16.2 Å². The average molecular weight is 257 g/mol. The molecule has 2 aliphatic rings. The van der Waals surface area contributed by atoms with E-state index < -0.39 is 11.9 Å². The molecule has 0 spiro atoms. The third kappa shape index (κ3) is 2.57. The first-order valence-electron chi connectivity index (χ1n) is 6.21. The molecule has 1 aromatic rings. The molecule has 1 N–H and O–H groups in total. The number of hydrogen-bond acceptors (Lipinski definition) is 3. The van der Waals surface area contributed by atoms with E-state index in [9.17, 15) is 13.2 Å². The first kappa shape index (κ1) is 11.7. The van der Waals surface area contributed by atoms with E-state index >= 15 is 0 Å². The molecule has 6 heteroatoms. The molecule has 0 aliphatic heterocycles. The van der Waals surface area contributed by atoms with Crippen molar-refractivity contribution in [1.29, 1.82) is 0 Å². The van der Waals surface area contributed by atoms with Crippen molar-refractivity contribution in [1.82, 2.24) is 10.2 Å². The van der Waals surface area contributed by atoms with Crippen molar-refractivity contribution < 1.29 is 13.2 Å². The summed E-state index contributed by atoms with van der Waals surface area (Å²) in [5, 5.41) is 10.1. The number of alkyl halides is 3. The predicted molar refractivity (Wildman–Crippen MR) is 59.9 cm³/mol. The molecule has 18 heavy (non-hydrogen) atoms. The van der Waals surface area contributed by atoms with Crippen molar-refractivity contribution in [2.75, 3.05) is 5.32 Å². The van der Waals surface area contributed by atoms with Crippen LogP contribution in [0.4, 0.5) is 19.0 Å². The van der Waals surface area contributed by atoms with Crippen LogP contribution in [0.25, 0.3) is 0 Å². The maximum atomic E-state index is 12.3. The van der Waals surface area contributed by atoms with E-state index in [4.69, 9.17) is 0 Å². The predicted octanol–water partition coefficient (Wildman–Crippen LogP) is 3.10. The summed E-state index contributed by atoms with van der Waals surface area (Å²) in [4.78, 5) is 0. The lowest BCUT2D eigenvalue weighted by Gasteiger charge is -2.18. The van der Waals surface area contributed by atoms with E-state index in [1.807, 2.05) is 0 Å². The van der Waals surface area contributed by atoms with Gasteiger partial charge in [0.15, 0.2) is 5.69 Å². The zero-order valence-corrected chi connectivity index (χ0v) is 9.74. The Kier molecular flexibility index (Phi) is 2.68. The largest absolute Gasteiger partial charge is 0.435 e. The van der Waals surface area contributed by atoms with Gasteiger partial charge in [0, 0.05) is 6.04 Å². The summed E-state index contributed by atoms with van der Waals surface area (Å²) in [6.07, 6.45) is 0.423. The maximum Gasteiger partial charge on any atom is 0.435 e. The molecule has 2 saturated carbocycles. The van der Waals surface area contributed by atoms with Crippen LogP contribution in [0.15, 0.2) is 12.1 Å². The Labute approximate surface area is 103 Å². The Balaban J connectivity index is 1.68. The van der Waals surface area contributed by atoms with Gasteiger partial charge in [0.1, 0.15) is 5.82 Å². The van der Waals surface area contributed by atoms with Gasteiger partial charge < -0.3 is 5.32 Å². The average Bonchev–Trinajstić information content (AvgIpc) is 3.16. The van der Waals surface area contributed by atoms with Crippen molar-refractivity contribution in [2.45, 2.75) is 37.9 Å². The van der Waals surface area contributed by atoms with Crippen LogP contribution >= 0.6 is 0 Å². The zero-order chi connectivity index (χ0) is 12.8. The van der Waals surface area contributed by atoms with Crippen LogP contribution in [0.1, 0.15) is 31.4 Å². The summed E-state index contributed by atoms with van der Waals surface area (Å²) in [6, 6.07) is 2.72. The van der Waals surface area contributed by atoms with E-state index in [1.54, 1.807) is 0 Å². The van der Waals surface area contributed by atoms with Crippen LogP contribution < -0.4 is 5.32 Å². The van der Waals surface area contributed by atoms with Gasteiger partial charge in [-0.1, -0.05) is 0 Å². The quantitative estimate of drug-likeness (QED) is 0.900. The number of rotatable bonds is 4. The molecule has 3 nitrogen and oxygen atoms in total. The molecule has 0 unspecified atom stereocenters. The van der Waals surface area contributed by atoms with E-state index in [0.29, 0.717) is 23.7 Å². The minimum absolute atomic E-state index is 0.371. The highest BCUT2D eigenvalue weighted by molar-refractivity contribution is 5.36. The van der Waals surface area contributed by atoms with E-state index in [-0.39, 0.29) is 0 Å². The topological polar surface area (TPSA) is 37.8 Å². The highest BCUT2D eigenvalue weighted by Crippen LogP contribution is 2.45. The zero-order valence-electron chi connectivity index (χ0n) is 9.74. The van der Waals surface area contributed by atoms with Crippen molar-refractivity contribution >= 4 is 5.82 Å². The first-order chi connectivity index (χ1) is 8.54. The Morgan fingerprint density at radius 1 is 1.06 bits per heavy atom. The molecular weight excluding hydrogens is 243 g/mol. The highest BCUT2D eigenvalue weighted by Gasteiger charge is 2.41. The summed E-state index contributed by atoms with van der Waals surface area (Å²) in [5.74, 6) is 1.79. The number of nitrogens with zero attached hydrogens (tertiary/aromatic N) is 2. The molecular formula is C12H14F3N3. The molecule has 1 heterocycles. The van der Waals surface area contributed by atoms with Gasteiger partial charge in [-0.3, -0.25) is 0 Å². The van der Waals surface area contributed by atoms with Gasteiger partial charge in [-0.15, -0.1) is 10.2 Å². The molecule has 0 atom stereocenters. The summed E-state index contributed by atoms with van der Waals surface area (Å²) < 4.78 is 37.0. The monoisotopic (exact) mass is 257 g/mol. The van der Waals surface area contributed by atoms with Gasteiger partial charge in [0.05, 0.1) is 0 Å². The van der Waals surface area contributed by atoms with Crippen molar-refractivity contribution in [3.63, 3.8) is 0 Å². The Bertz CT molecular complexity index is 409. The van der Waals surface area contributed by atoms with Gasteiger partial charge in [-0.25, -0.2) is 0 Å². The number of nitrogens with one attached hydrogen (secondary N) is 1. The third-order valence-electron chi connectivity index (χ3n) is 3.53. The van der Waals surface area contributed by atoms with Gasteiger partial charge in [-0.2, -0.15) is 13.2 Å². The van der Waals surface area contributed by atoms with Crippen LogP contribution in [0, 0.1) is 11.8 Å². The fourth-order valence-corrected chi connectivity index (χ4v) is 2.26. The van der Waals surface area contributed by atoms with Gasteiger partial charge in [-0.05, 0) is 49.7 Å². The third-order valence-corrected chi connectivity index (χ3v) is 3.53. The number of hydrogen-bond donors (Lipinski definition) is 1. The molecule has 98 valence electrons. The second-order valence-corrected chi connectivity index (χ2v) is 5.15. The number of anilines is 1. The second-order valence-electron chi connectivity index (χ2n) is 5.15. The molecule has 2 aliphatic carbocycles. The van der Waals surface area contributed by atoms with Crippen LogP contribution in [0.5, 0.6) is 0 Å². The minimum Gasteiger partial charge on any atom is -0.365 e. The Morgan fingerprint density at radius 2 is 1.67 bits per heavy atom. The molecule has 3 rings (SSSR count). The van der Waals surface area contributed by atoms with Gasteiger partial charge >= 0.3 is 6.18 Å². The highest BCUT2D eigenvalue weighted by atomic mass is 19.4. The minimum atomic E-state index is -4.42. The van der Waals surface area contributed by atoms with Crippen LogP contribution in [0.3, 0.4) is 0 Å². The smallest absolute Gasteiger partial charge is 0.365 e. The summed E-state index contributed by atoms with van der Waals surface area (Å²) in [6.45, 7) is 0. The summed E-state index contributed by atoms with van der Waals surface area (Å²) in [7, 11) is 0. The summed E-state index contributed by atoms with van der Waals surface area (Å²) in [5.41, 5.74) is -0.942. The maximum absolute atomic E-state index is 12.3. The molecule has 2 fully saturated rings. The molecule has 0 bridgehead atoms. The number of halogens is 3. The van der Waals surface area contributed by atoms with Crippen molar-refractivity contribution in [2.24, 2.45) is 11.8 Å². The molecule has 1 aromatic heterocycles. The molecule has 0 radical (unpaired) electrons. The normalized spacial score (nSPS) is 20.2. The molecule has 0 aromatic carbocycles. The van der Waals surface area contributed by atoms with Crippen molar-refractivity contribution in [3.8, 4) is 0 Å². The first-order valence-corrected chi connectivity index (χ1v) is 6.21. The second kappa shape index (κ2) is 4.10. The lowest BCUT2D eigenvalue weighted by molar-refractivity contribution is -0.141. The van der Waals surface area contributed by atoms with Crippen molar-refractivity contribution in [3.05, 3.63) is 17.8 Å². The van der Waals surface area contributed by atoms with Crippen LogP contribution in [-0.2, 0) is 6.18 Å². The van der Waals surface area contributed by atoms with E-state index in [1.165, 1.54) is 31.7 Å². The fraction of sp³-hybridized carbons (Fsp3) is 0.667. The summed E-state index contributed by atoms with van der Waals surface area (Å²) >= 11 is 0.